The monoisotopic (exact) mass is 473 g/mol. The first-order valence-corrected chi connectivity index (χ1v) is 11.6. The van der Waals surface area contributed by atoms with Crippen molar-refractivity contribution < 1.29 is 21.9 Å². The summed E-state index contributed by atoms with van der Waals surface area (Å²) in [4.78, 5) is 3.07. The summed E-state index contributed by atoms with van der Waals surface area (Å²) in [5.41, 5.74) is -0.131. The van der Waals surface area contributed by atoms with E-state index < -0.39 is 25.8 Å². The van der Waals surface area contributed by atoms with Gasteiger partial charge in [-0.05, 0) is 48.5 Å². The Balaban J connectivity index is 1.95. The van der Waals surface area contributed by atoms with Gasteiger partial charge in [-0.2, -0.15) is 0 Å². The molecule has 2 aromatic carbocycles. The smallest absolute Gasteiger partial charge is 0.265 e. The van der Waals surface area contributed by atoms with Crippen LogP contribution >= 0.6 is 23.2 Å². The fourth-order valence-electron chi connectivity index (χ4n) is 2.30. The summed E-state index contributed by atoms with van der Waals surface area (Å²) in [6.45, 7) is 0. The molecule has 0 saturated heterocycles. The zero-order valence-electron chi connectivity index (χ0n) is 14.4. The van der Waals surface area contributed by atoms with Crippen molar-refractivity contribution >= 4 is 54.6 Å². The highest BCUT2D eigenvalue weighted by Crippen LogP contribution is 2.30. The maximum absolute atomic E-state index is 12.6. The fourth-order valence-corrected chi connectivity index (χ4v) is 5.09. The Morgan fingerprint density at radius 2 is 1.62 bits per heavy atom. The summed E-state index contributed by atoms with van der Waals surface area (Å²) in [5, 5.41) is 10.1. The first kappa shape index (κ1) is 21.2. The lowest BCUT2D eigenvalue weighted by Crippen LogP contribution is -2.16. The Hall–Kier alpha value is -2.53. The number of nitrogens with one attached hydrogen (secondary N) is 2. The van der Waals surface area contributed by atoms with Crippen LogP contribution in [-0.2, 0) is 20.0 Å². The molecule has 0 spiro atoms. The molecule has 8 nitrogen and oxygen atoms in total. The molecular formula is C17H13Cl2N3O5S2. The van der Waals surface area contributed by atoms with Gasteiger partial charge in [0.15, 0.2) is 0 Å². The number of halogens is 2. The third-order valence-corrected chi connectivity index (χ3v) is 7.04. The molecule has 0 fully saturated rings. The number of sulfonamides is 2. The quantitative estimate of drug-likeness (QED) is 0.370. The number of aromatic nitrogens is 1. The van der Waals surface area contributed by atoms with Crippen LogP contribution in [0, 0.1) is 0 Å². The number of phenols is 1. The molecule has 0 aliphatic heterocycles. The van der Waals surface area contributed by atoms with Crippen LogP contribution in [0.15, 0.2) is 70.6 Å². The third-order valence-electron chi connectivity index (χ3n) is 3.61. The van der Waals surface area contributed by atoms with Gasteiger partial charge in [-0.15, -0.1) is 0 Å². The van der Waals surface area contributed by atoms with E-state index in [1.165, 1.54) is 30.5 Å². The molecule has 0 unspecified atom stereocenters. The molecule has 1 heterocycles. The van der Waals surface area contributed by atoms with Gasteiger partial charge in [-0.1, -0.05) is 29.3 Å². The van der Waals surface area contributed by atoms with Crippen molar-refractivity contribution in [2.45, 2.75) is 9.79 Å². The van der Waals surface area contributed by atoms with Crippen LogP contribution in [0.1, 0.15) is 0 Å². The van der Waals surface area contributed by atoms with Gasteiger partial charge < -0.3 is 5.11 Å². The summed E-state index contributed by atoms with van der Waals surface area (Å²) in [5.74, 6) is -0.477. The van der Waals surface area contributed by atoms with Gasteiger partial charge in [0, 0.05) is 11.2 Å². The molecular weight excluding hydrogens is 461 g/mol. The molecule has 0 saturated carbocycles. The number of benzene rings is 2. The molecule has 0 aliphatic rings. The minimum Gasteiger partial charge on any atom is -0.506 e. The van der Waals surface area contributed by atoms with E-state index in [2.05, 4.69) is 14.4 Å². The summed E-state index contributed by atoms with van der Waals surface area (Å²) in [6, 6.07) is 11.8. The van der Waals surface area contributed by atoms with E-state index in [4.69, 9.17) is 23.2 Å². The van der Waals surface area contributed by atoms with E-state index in [9.17, 15) is 21.9 Å². The highest BCUT2D eigenvalue weighted by atomic mass is 35.5. The lowest BCUT2D eigenvalue weighted by Gasteiger charge is -2.13. The van der Waals surface area contributed by atoms with E-state index in [0.717, 1.165) is 18.2 Å². The molecule has 3 N–H and O–H groups in total. The van der Waals surface area contributed by atoms with Gasteiger partial charge in [-0.25, -0.2) is 21.8 Å². The van der Waals surface area contributed by atoms with Crippen molar-refractivity contribution in [2.75, 3.05) is 9.44 Å². The molecule has 152 valence electrons. The lowest BCUT2D eigenvalue weighted by molar-refractivity contribution is 0.477. The van der Waals surface area contributed by atoms with E-state index in [-0.39, 0.29) is 26.3 Å². The zero-order valence-corrected chi connectivity index (χ0v) is 17.5. The molecule has 3 rings (SSSR count). The van der Waals surface area contributed by atoms with Crippen molar-refractivity contribution in [1.29, 1.82) is 0 Å². The Morgan fingerprint density at radius 3 is 2.31 bits per heavy atom. The van der Waals surface area contributed by atoms with Crippen LogP contribution in [0.4, 0.5) is 11.4 Å². The number of pyridine rings is 1. The second kappa shape index (κ2) is 8.07. The molecule has 0 amide bonds. The van der Waals surface area contributed by atoms with Crippen LogP contribution in [0.5, 0.6) is 5.75 Å². The Labute approximate surface area is 177 Å². The maximum Gasteiger partial charge on any atom is 0.265 e. The van der Waals surface area contributed by atoms with E-state index in [0.29, 0.717) is 5.02 Å². The molecule has 0 radical (unpaired) electrons. The average Bonchev–Trinajstić information content (AvgIpc) is 2.63. The number of hydrogen-bond acceptors (Lipinski definition) is 6. The number of anilines is 2. The first-order valence-electron chi connectivity index (χ1n) is 7.83. The standard InChI is InChI=1S/C17H13Cl2N3O5S2/c18-11-3-1-4-12(9-11)21-28(24,25)13-6-7-15(23)14(10-13)22-29(26,27)16-5-2-8-20-17(16)19/h1-10,21-23H. The SMILES string of the molecule is O=S(=O)(Nc1cccc(Cl)c1)c1ccc(O)c(NS(=O)(=O)c2cccnc2Cl)c1. The number of rotatable bonds is 6. The van der Waals surface area contributed by atoms with E-state index in [1.807, 2.05) is 0 Å². The van der Waals surface area contributed by atoms with Gasteiger partial charge in [0.2, 0.25) is 0 Å². The first-order chi connectivity index (χ1) is 13.6. The van der Waals surface area contributed by atoms with E-state index in [1.54, 1.807) is 12.1 Å². The molecule has 29 heavy (non-hydrogen) atoms. The summed E-state index contributed by atoms with van der Waals surface area (Å²) >= 11 is 11.7. The lowest BCUT2D eigenvalue weighted by atomic mass is 10.3. The number of aromatic hydroxyl groups is 1. The summed E-state index contributed by atoms with van der Waals surface area (Å²) in [7, 11) is -8.32. The molecule has 1 aromatic heterocycles. The summed E-state index contributed by atoms with van der Waals surface area (Å²) < 4.78 is 54.8. The van der Waals surface area contributed by atoms with E-state index >= 15 is 0 Å². The van der Waals surface area contributed by atoms with Gasteiger partial charge in [0.25, 0.3) is 20.0 Å². The number of hydrogen-bond donors (Lipinski definition) is 3. The van der Waals surface area contributed by atoms with Crippen LogP contribution in [0.2, 0.25) is 10.2 Å². The Morgan fingerprint density at radius 1 is 0.862 bits per heavy atom. The molecule has 3 aromatic rings. The van der Waals surface area contributed by atoms with Crippen molar-refractivity contribution in [3.63, 3.8) is 0 Å². The van der Waals surface area contributed by atoms with Crippen LogP contribution in [0.25, 0.3) is 0 Å². The van der Waals surface area contributed by atoms with Gasteiger partial charge in [0.05, 0.1) is 16.3 Å². The van der Waals surface area contributed by atoms with Crippen LogP contribution in [-0.4, -0.2) is 26.9 Å². The predicted molar refractivity (Wildman–Crippen MR) is 110 cm³/mol. The minimum absolute atomic E-state index is 0.217. The second-order valence-electron chi connectivity index (χ2n) is 5.69. The number of nitrogens with zero attached hydrogens (tertiary/aromatic N) is 1. The molecule has 12 heteroatoms. The molecule has 0 aliphatic carbocycles. The average molecular weight is 474 g/mol. The largest absolute Gasteiger partial charge is 0.506 e. The van der Waals surface area contributed by atoms with Crippen molar-refractivity contribution in [1.82, 2.24) is 4.98 Å². The highest BCUT2D eigenvalue weighted by molar-refractivity contribution is 7.93. The normalized spacial score (nSPS) is 11.8. The maximum atomic E-state index is 12.6. The predicted octanol–water partition coefficient (Wildman–Crippen LogP) is 3.70. The zero-order chi connectivity index (χ0) is 21.2. The fraction of sp³-hybridized carbons (Fsp3) is 0. The highest BCUT2D eigenvalue weighted by Gasteiger charge is 2.22. The minimum atomic E-state index is -4.23. The van der Waals surface area contributed by atoms with Crippen molar-refractivity contribution in [3.8, 4) is 5.75 Å². The van der Waals surface area contributed by atoms with Crippen molar-refractivity contribution in [2.24, 2.45) is 0 Å². The molecule has 0 atom stereocenters. The summed E-state index contributed by atoms with van der Waals surface area (Å²) in [6.07, 6.45) is 1.31. The van der Waals surface area contributed by atoms with Crippen LogP contribution < -0.4 is 9.44 Å². The second-order valence-corrected chi connectivity index (χ2v) is 9.82. The van der Waals surface area contributed by atoms with Crippen LogP contribution in [0.3, 0.4) is 0 Å². The topological polar surface area (TPSA) is 125 Å². The van der Waals surface area contributed by atoms with Crippen molar-refractivity contribution in [3.05, 3.63) is 71.0 Å². The Bertz CT molecular complexity index is 1280. The van der Waals surface area contributed by atoms with Gasteiger partial charge >= 0.3 is 0 Å². The van der Waals surface area contributed by atoms with Gasteiger partial charge in [0.1, 0.15) is 15.8 Å². The van der Waals surface area contributed by atoms with Gasteiger partial charge in [-0.3, -0.25) is 9.44 Å². The molecule has 0 bridgehead atoms. The third kappa shape index (κ3) is 4.91. The number of phenolic OH excluding ortho intramolecular Hbond substituents is 1. The Kier molecular flexibility index (Phi) is 5.90.